The van der Waals surface area contributed by atoms with E-state index in [9.17, 15) is 9.59 Å². The SMILES string of the molecule is NC(=O)[C@H](NC(=O)CCc1csc2ccccc12)c1ccccc1. The van der Waals surface area contributed by atoms with Crippen molar-refractivity contribution < 1.29 is 9.59 Å². The molecular formula is C19H18N2O2S. The molecule has 3 rings (SSSR count). The Bertz CT molecular complexity index is 858. The van der Waals surface area contributed by atoms with Gasteiger partial charge in [0.25, 0.3) is 0 Å². The van der Waals surface area contributed by atoms with Crippen molar-refractivity contribution in [2.45, 2.75) is 18.9 Å². The Morgan fingerprint density at radius 2 is 1.75 bits per heavy atom. The lowest BCUT2D eigenvalue weighted by Gasteiger charge is -2.15. The second-order valence-electron chi connectivity index (χ2n) is 5.57. The lowest BCUT2D eigenvalue weighted by atomic mass is 10.1. The van der Waals surface area contributed by atoms with Crippen LogP contribution in [-0.4, -0.2) is 11.8 Å². The summed E-state index contributed by atoms with van der Waals surface area (Å²) in [4.78, 5) is 23.9. The zero-order valence-corrected chi connectivity index (χ0v) is 13.9. The minimum Gasteiger partial charge on any atom is -0.368 e. The minimum atomic E-state index is -0.794. The summed E-state index contributed by atoms with van der Waals surface area (Å²) in [5, 5.41) is 6.00. The molecular weight excluding hydrogens is 320 g/mol. The van der Waals surface area contributed by atoms with Gasteiger partial charge in [-0.25, -0.2) is 0 Å². The van der Waals surface area contributed by atoms with Crippen molar-refractivity contribution in [1.82, 2.24) is 5.32 Å². The molecule has 2 amide bonds. The Morgan fingerprint density at radius 3 is 2.50 bits per heavy atom. The average Bonchev–Trinajstić information content (AvgIpc) is 3.01. The topological polar surface area (TPSA) is 72.2 Å². The summed E-state index contributed by atoms with van der Waals surface area (Å²) in [6.07, 6.45) is 0.952. The maximum Gasteiger partial charge on any atom is 0.244 e. The van der Waals surface area contributed by atoms with E-state index in [0.29, 0.717) is 18.4 Å². The highest BCUT2D eigenvalue weighted by Crippen LogP contribution is 2.26. The number of carbonyl (C=O) groups is 2. The van der Waals surface area contributed by atoms with Gasteiger partial charge in [0.15, 0.2) is 0 Å². The van der Waals surface area contributed by atoms with E-state index in [2.05, 4.69) is 22.8 Å². The predicted octanol–water partition coefficient (Wildman–Crippen LogP) is 3.18. The minimum absolute atomic E-state index is 0.182. The number of hydrogen-bond acceptors (Lipinski definition) is 3. The molecule has 0 aliphatic heterocycles. The molecule has 2 aromatic carbocycles. The first-order valence-corrected chi connectivity index (χ1v) is 8.62. The van der Waals surface area contributed by atoms with Gasteiger partial charge in [0.05, 0.1) is 0 Å². The van der Waals surface area contributed by atoms with Crippen molar-refractivity contribution in [3.63, 3.8) is 0 Å². The highest BCUT2D eigenvalue weighted by Gasteiger charge is 2.19. The van der Waals surface area contributed by atoms with Gasteiger partial charge in [-0.3, -0.25) is 9.59 Å². The van der Waals surface area contributed by atoms with Gasteiger partial charge < -0.3 is 11.1 Å². The second-order valence-corrected chi connectivity index (χ2v) is 6.48. The quantitative estimate of drug-likeness (QED) is 0.724. The van der Waals surface area contributed by atoms with Gasteiger partial charge in [0, 0.05) is 11.1 Å². The van der Waals surface area contributed by atoms with Crippen LogP contribution in [-0.2, 0) is 16.0 Å². The maximum atomic E-state index is 12.2. The maximum absolute atomic E-state index is 12.2. The number of benzene rings is 2. The third kappa shape index (κ3) is 3.63. The molecule has 0 fully saturated rings. The highest BCUT2D eigenvalue weighted by molar-refractivity contribution is 7.17. The number of primary amides is 1. The summed E-state index contributed by atoms with van der Waals surface area (Å²) in [7, 11) is 0. The van der Waals surface area contributed by atoms with E-state index in [1.807, 2.05) is 30.3 Å². The molecule has 0 unspecified atom stereocenters. The molecule has 0 saturated heterocycles. The van der Waals surface area contributed by atoms with Gasteiger partial charge in [-0.05, 0) is 34.4 Å². The number of amides is 2. The Hall–Kier alpha value is -2.66. The van der Waals surface area contributed by atoms with Crippen LogP contribution in [0.25, 0.3) is 10.1 Å². The lowest BCUT2D eigenvalue weighted by Crippen LogP contribution is -2.37. The number of carbonyl (C=O) groups excluding carboxylic acids is 2. The summed E-state index contributed by atoms with van der Waals surface area (Å²) in [6, 6.07) is 16.4. The summed E-state index contributed by atoms with van der Waals surface area (Å²) < 4.78 is 1.22. The number of rotatable bonds is 6. The first-order chi connectivity index (χ1) is 11.6. The van der Waals surface area contributed by atoms with Crippen LogP contribution in [0.3, 0.4) is 0 Å². The number of nitrogens with one attached hydrogen (secondary N) is 1. The number of nitrogens with two attached hydrogens (primary N) is 1. The normalized spacial score (nSPS) is 12.0. The van der Waals surface area contributed by atoms with Crippen molar-refractivity contribution >= 4 is 33.2 Å². The number of thiophene rings is 1. The lowest BCUT2D eigenvalue weighted by molar-refractivity contribution is -0.127. The van der Waals surface area contributed by atoms with Crippen LogP contribution in [0, 0.1) is 0 Å². The van der Waals surface area contributed by atoms with Crippen molar-refractivity contribution in [2.24, 2.45) is 5.73 Å². The highest BCUT2D eigenvalue weighted by atomic mass is 32.1. The van der Waals surface area contributed by atoms with E-state index < -0.39 is 11.9 Å². The Labute approximate surface area is 144 Å². The predicted molar refractivity (Wildman–Crippen MR) is 96.7 cm³/mol. The first kappa shape index (κ1) is 16.2. The van der Waals surface area contributed by atoms with Crippen LogP contribution in [0.1, 0.15) is 23.6 Å². The molecule has 3 aromatic rings. The number of hydrogen-bond donors (Lipinski definition) is 2. The standard InChI is InChI=1S/C19H18N2O2S/c20-19(23)18(13-6-2-1-3-7-13)21-17(22)11-10-14-12-24-16-9-5-4-8-15(14)16/h1-9,12,18H,10-11H2,(H2,20,23)(H,21,22)/t18-/m1/s1. The van der Waals surface area contributed by atoms with E-state index in [0.717, 1.165) is 5.56 Å². The fraction of sp³-hybridized carbons (Fsp3) is 0.158. The summed E-state index contributed by atoms with van der Waals surface area (Å²) >= 11 is 1.68. The molecule has 122 valence electrons. The van der Waals surface area contributed by atoms with Gasteiger partial charge in [0.1, 0.15) is 6.04 Å². The molecule has 1 atom stereocenters. The molecule has 5 heteroatoms. The number of aryl methyl sites for hydroxylation is 1. The number of fused-ring (bicyclic) bond motifs is 1. The summed E-state index contributed by atoms with van der Waals surface area (Å²) in [5.74, 6) is -0.742. The average molecular weight is 338 g/mol. The van der Waals surface area contributed by atoms with Crippen LogP contribution in [0.4, 0.5) is 0 Å². The van der Waals surface area contributed by atoms with E-state index in [1.165, 1.54) is 10.1 Å². The van der Waals surface area contributed by atoms with Crippen molar-refractivity contribution in [3.8, 4) is 0 Å². The molecule has 0 spiro atoms. The Kier molecular flexibility index (Phi) is 4.91. The molecule has 0 aliphatic rings. The molecule has 24 heavy (non-hydrogen) atoms. The molecule has 0 aliphatic carbocycles. The van der Waals surface area contributed by atoms with Gasteiger partial charge in [-0.1, -0.05) is 48.5 Å². The van der Waals surface area contributed by atoms with E-state index >= 15 is 0 Å². The molecule has 0 saturated carbocycles. The third-order valence-corrected chi connectivity index (χ3v) is 4.92. The van der Waals surface area contributed by atoms with Gasteiger partial charge in [-0.15, -0.1) is 11.3 Å². The summed E-state index contributed by atoms with van der Waals surface area (Å²) in [6.45, 7) is 0. The largest absolute Gasteiger partial charge is 0.368 e. The molecule has 3 N–H and O–H groups in total. The van der Waals surface area contributed by atoms with Crippen LogP contribution >= 0.6 is 11.3 Å². The smallest absolute Gasteiger partial charge is 0.244 e. The van der Waals surface area contributed by atoms with E-state index in [-0.39, 0.29) is 5.91 Å². The van der Waals surface area contributed by atoms with Gasteiger partial charge in [0.2, 0.25) is 11.8 Å². The Balaban J connectivity index is 1.65. The zero-order valence-electron chi connectivity index (χ0n) is 13.1. The zero-order chi connectivity index (χ0) is 16.9. The fourth-order valence-electron chi connectivity index (χ4n) is 2.67. The van der Waals surface area contributed by atoms with Gasteiger partial charge >= 0.3 is 0 Å². The van der Waals surface area contributed by atoms with Gasteiger partial charge in [-0.2, -0.15) is 0 Å². The van der Waals surface area contributed by atoms with Crippen molar-refractivity contribution in [2.75, 3.05) is 0 Å². The van der Waals surface area contributed by atoms with Crippen LogP contribution < -0.4 is 11.1 Å². The van der Waals surface area contributed by atoms with Crippen molar-refractivity contribution in [3.05, 3.63) is 71.1 Å². The monoisotopic (exact) mass is 338 g/mol. The third-order valence-electron chi connectivity index (χ3n) is 3.91. The summed E-state index contributed by atoms with van der Waals surface area (Å²) in [5.41, 5.74) is 7.28. The Morgan fingerprint density at radius 1 is 1.04 bits per heavy atom. The molecule has 1 heterocycles. The van der Waals surface area contributed by atoms with Crippen LogP contribution in [0.5, 0.6) is 0 Å². The molecule has 1 aromatic heterocycles. The van der Waals surface area contributed by atoms with Crippen LogP contribution in [0.2, 0.25) is 0 Å². The van der Waals surface area contributed by atoms with E-state index in [1.54, 1.807) is 23.5 Å². The molecule has 0 radical (unpaired) electrons. The van der Waals surface area contributed by atoms with Crippen molar-refractivity contribution in [1.29, 1.82) is 0 Å². The molecule has 0 bridgehead atoms. The molecule has 4 nitrogen and oxygen atoms in total. The second kappa shape index (κ2) is 7.27. The van der Waals surface area contributed by atoms with E-state index in [4.69, 9.17) is 5.73 Å². The first-order valence-electron chi connectivity index (χ1n) is 7.74. The van der Waals surface area contributed by atoms with Crippen LogP contribution in [0.15, 0.2) is 60.0 Å². The fourth-order valence-corrected chi connectivity index (χ4v) is 3.67.